The highest BCUT2D eigenvalue weighted by Gasteiger charge is 2.32. The van der Waals surface area contributed by atoms with Gasteiger partial charge in [0.25, 0.3) is 0 Å². The summed E-state index contributed by atoms with van der Waals surface area (Å²) in [7, 11) is 1.62. The van der Waals surface area contributed by atoms with E-state index in [0.717, 1.165) is 11.3 Å². The molecular formula is C26H32ClN7O3. The molecule has 11 heteroatoms. The summed E-state index contributed by atoms with van der Waals surface area (Å²) in [6.07, 6.45) is 5.65. The molecule has 3 aromatic rings. The molecule has 1 unspecified atom stereocenters. The van der Waals surface area contributed by atoms with Gasteiger partial charge >= 0.3 is 0 Å². The lowest BCUT2D eigenvalue weighted by Crippen LogP contribution is -2.56. The largest absolute Gasteiger partial charge is 0.497 e. The molecule has 0 bridgehead atoms. The quantitative estimate of drug-likeness (QED) is 0.428. The van der Waals surface area contributed by atoms with Crippen LogP contribution >= 0.6 is 11.6 Å². The molecule has 196 valence electrons. The molecule has 1 saturated heterocycles. The first kappa shape index (κ1) is 26.4. The zero-order valence-corrected chi connectivity index (χ0v) is 22.1. The van der Waals surface area contributed by atoms with Crippen molar-refractivity contribution in [1.82, 2.24) is 29.7 Å². The number of hydrogen-bond donors (Lipinski definition) is 1. The molecule has 0 saturated carbocycles. The number of amides is 2. The summed E-state index contributed by atoms with van der Waals surface area (Å²) in [6.45, 7) is 5.94. The number of imidazole rings is 1. The number of carbonyl (C=O) groups excluding carboxylic acids is 2. The van der Waals surface area contributed by atoms with Crippen molar-refractivity contribution in [3.8, 4) is 11.7 Å². The Hall–Kier alpha value is -3.66. The molecule has 0 radical (unpaired) electrons. The number of ether oxygens (including phenoxy) is 1. The van der Waals surface area contributed by atoms with Crippen molar-refractivity contribution in [2.45, 2.75) is 39.3 Å². The second kappa shape index (κ2) is 12.1. The fourth-order valence-corrected chi connectivity index (χ4v) is 4.47. The maximum atomic E-state index is 13.0. The fraction of sp³-hybridized carbons (Fsp3) is 0.423. The van der Waals surface area contributed by atoms with Crippen molar-refractivity contribution >= 4 is 29.2 Å². The standard InChI is InChI=1S/C26H32ClN7O3/c1-18(2)12-25(36)32-10-11-34(23-14-22(27)30-26(31-23)33-9-8-28-17-33)20(16-32)13-24(35)29-15-19-4-6-21(37-3)7-5-19/h4-9,14,17-18,20H,10-13,15-16H2,1-3H3,(H,29,35). The summed E-state index contributed by atoms with van der Waals surface area (Å²) in [6, 6.07) is 8.97. The fourth-order valence-electron chi connectivity index (χ4n) is 4.30. The third-order valence-corrected chi connectivity index (χ3v) is 6.38. The molecule has 1 atom stereocenters. The van der Waals surface area contributed by atoms with Crippen LogP contribution in [0, 0.1) is 5.92 Å². The third-order valence-electron chi connectivity index (χ3n) is 6.19. The van der Waals surface area contributed by atoms with E-state index in [-0.39, 0.29) is 35.3 Å². The van der Waals surface area contributed by atoms with Gasteiger partial charge in [-0.1, -0.05) is 37.6 Å². The van der Waals surface area contributed by atoms with Crippen molar-refractivity contribution in [2.24, 2.45) is 5.92 Å². The number of nitrogens with one attached hydrogen (secondary N) is 1. The molecule has 2 aromatic heterocycles. The first-order valence-electron chi connectivity index (χ1n) is 12.3. The molecule has 1 fully saturated rings. The molecule has 1 aliphatic heterocycles. The van der Waals surface area contributed by atoms with E-state index in [1.165, 1.54) is 0 Å². The lowest BCUT2D eigenvalue weighted by atomic mass is 10.0. The van der Waals surface area contributed by atoms with E-state index in [2.05, 4.69) is 15.3 Å². The van der Waals surface area contributed by atoms with Gasteiger partial charge in [-0.2, -0.15) is 4.98 Å². The highest BCUT2D eigenvalue weighted by Crippen LogP contribution is 2.25. The van der Waals surface area contributed by atoms with Crippen LogP contribution in [0.15, 0.2) is 49.1 Å². The molecule has 10 nitrogen and oxygen atoms in total. The maximum Gasteiger partial charge on any atom is 0.238 e. The summed E-state index contributed by atoms with van der Waals surface area (Å²) >= 11 is 6.35. The van der Waals surface area contributed by atoms with E-state index < -0.39 is 0 Å². The third kappa shape index (κ3) is 6.97. The van der Waals surface area contributed by atoms with Crippen LogP contribution in [0.1, 0.15) is 32.3 Å². The van der Waals surface area contributed by atoms with E-state index in [4.69, 9.17) is 21.3 Å². The Bertz CT molecular complexity index is 1200. The predicted molar refractivity (Wildman–Crippen MR) is 141 cm³/mol. The highest BCUT2D eigenvalue weighted by molar-refractivity contribution is 6.29. The molecular weight excluding hydrogens is 494 g/mol. The lowest BCUT2D eigenvalue weighted by Gasteiger charge is -2.42. The first-order valence-corrected chi connectivity index (χ1v) is 12.7. The number of piperazine rings is 1. The number of anilines is 1. The van der Waals surface area contributed by atoms with E-state index in [1.54, 1.807) is 36.5 Å². The Morgan fingerprint density at radius 2 is 1.97 bits per heavy atom. The number of halogens is 1. The Morgan fingerprint density at radius 3 is 2.65 bits per heavy atom. The Balaban J connectivity index is 1.51. The smallest absolute Gasteiger partial charge is 0.238 e. The van der Waals surface area contributed by atoms with Crippen LogP contribution in [0.3, 0.4) is 0 Å². The minimum absolute atomic E-state index is 0.0955. The predicted octanol–water partition coefficient (Wildman–Crippen LogP) is 3.09. The summed E-state index contributed by atoms with van der Waals surface area (Å²) in [4.78, 5) is 42.8. The number of hydrogen-bond acceptors (Lipinski definition) is 7. The van der Waals surface area contributed by atoms with Gasteiger partial charge in [0, 0.05) is 57.5 Å². The molecule has 37 heavy (non-hydrogen) atoms. The van der Waals surface area contributed by atoms with Crippen LogP contribution in [0.25, 0.3) is 5.95 Å². The molecule has 3 heterocycles. The van der Waals surface area contributed by atoms with Crippen LogP contribution in [-0.4, -0.2) is 69.0 Å². The van der Waals surface area contributed by atoms with Gasteiger partial charge in [0.05, 0.1) is 13.2 Å². The minimum atomic E-state index is -0.276. The second-order valence-electron chi connectivity index (χ2n) is 9.43. The molecule has 1 N–H and O–H groups in total. The van der Waals surface area contributed by atoms with Crippen molar-refractivity contribution < 1.29 is 14.3 Å². The van der Waals surface area contributed by atoms with Gasteiger partial charge in [-0.05, 0) is 23.6 Å². The highest BCUT2D eigenvalue weighted by atomic mass is 35.5. The molecule has 2 amide bonds. The Kier molecular flexibility index (Phi) is 8.60. The minimum Gasteiger partial charge on any atom is -0.497 e. The van der Waals surface area contributed by atoms with Gasteiger partial charge < -0.3 is 19.9 Å². The van der Waals surface area contributed by atoms with Crippen LogP contribution in [-0.2, 0) is 16.1 Å². The molecule has 1 aliphatic rings. The number of aromatic nitrogens is 4. The lowest BCUT2D eigenvalue weighted by molar-refractivity contribution is -0.133. The summed E-state index contributed by atoms with van der Waals surface area (Å²) in [5, 5.41) is 3.28. The zero-order valence-electron chi connectivity index (χ0n) is 21.3. The number of methoxy groups -OCH3 is 1. The number of nitrogens with zero attached hydrogens (tertiary/aromatic N) is 6. The maximum absolute atomic E-state index is 13.0. The second-order valence-corrected chi connectivity index (χ2v) is 9.82. The van der Waals surface area contributed by atoms with Crippen LogP contribution in [0.4, 0.5) is 5.82 Å². The molecule has 1 aromatic carbocycles. The monoisotopic (exact) mass is 525 g/mol. The average molecular weight is 526 g/mol. The first-order chi connectivity index (χ1) is 17.8. The van der Waals surface area contributed by atoms with Gasteiger partial charge in [-0.15, -0.1) is 0 Å². The van der Waals surface area contributed by atoms with Crippen molar-refractivity contribution in [1.29, 1.82) is 0 Å². The van der Waals surface area contributed by atoms with Crippen LogP contribution in [0.5, 0.6) is 5.75 Å². The van der Waals surface area contributed by atoms with E-state index in [1.807, 2.05) is 47.9 Å². The molecule has 0 spiro atoms. The summed E-state index contributed by atoms with van der Waals surface area (Å²) < 4.78 is 6.87. The number of rotatable bonds is 9. The average Bonchev–Trinajstić information content (AvgIpc) is 3.42. The Labute approximate surface area is 221 Å². The van der Waals surface area contributed by atoms with Crippen LogP contribution in [0.2, 0.25) is 5.15 Å². The van der Waals surface area contributed by atoms with Gasteiger partial charge in [0.2, 0.25) is 17.8 Å². The molecule has 0 aliphatic carbocycles. The summed E-state index contributed by atoms with van der Waals surface area (Å²) in [5.41, 5.74) is 0.968. The van der Waals surface area contributed by atoms with Crippen molar-refractivity contribution in [2.75, 3.05) is 31.6 Å². The number of carbonyl (C=O) groups is 2. The number of benzene rings is 1. The topological polar surface area (TPSA) is 105 Å². The van der Waals surface area contributed by atoms with E-state index in [0.29, 0.717) is 44.4 Å². The van der Waals surface area contributed by atoms with E-state index in [9.17, 15) is 9.59 Å². The van der Waals surface area contributed by atoms with Gasteiger partial charge in [0.1, 0.15) is 23.0 Å². The van der Waals surface area contributed by atoms with Crippen molar-refractivity contribution in [3.05, 3.63) is 59.8 Å². The Morgan fingerprint density at radius 1 is 1.19 bits per heavy atom. The summed E-state index contributed by atoms with van der Waals surface area (Å²) in [5.74, 6) is 2.00. The zero-order chi connectivity index (χ0) is 26.4. The van der Waals surface area contributed by atoms with E-state index >= 15 is 0 Å². The van der Waals surface area contributed by atoms with Gasteiger partial charge in [-0.3, -0.25) is 14.2 Å². The van der Waals surface area contributed by atoms with Crippen molar-refractivity contribution in [3.63, 3.8) is 0 Å². The normalized spacial score (nSPS) is 15.6. The van der Waals surface area contributed by atoms with Gasteiger partial charge in [0.15, 0.2) is 0 Å². The van der Waals surface area contributed by atoms with Gasteiger partial charge in [-0.25, -0.2) is 9.97 Å². The molecule has 4 rings (SSSR count). The SMILES string of the molecule is COc1ccc(CNC(=O)CC2CN(C(=O)CC(C)C)CCN2c2cc(Cl)nc(-n3ccnc3)n2)cc1. The van der Waals surface area contributed by atoms with Crippen LogP contribution < -0.4 is 15.0 Å².